The van der Waals surface area contributed by atoms with Crippen molar-refractivity contribution in [2.45, 2.75) is 109 Å². The van der Waals surface area contributed by atoms with Gasteiger partial charge in [-0.25, -0.2) is 4.79 Å². The number of alkyl carbamates (subject to hydrolysis) is 1. The summed E-state index contributed by atoms with van der Waals surface area (Å²) in [5.41, 5.74) is 5.98. The molecule has 8 nitrogen and oxygen atoms in total. The van der Waals surface area contributed by atoms with E-state index in [9.17, 15) is 14.4 Å². The molecule has 0 bridgehead atoms. The van der Waals surface area contributed by atoms with E-state index in [0.717, 1.165) is 38.5 Å². The fourth-order valence-corrected chi connectivity index (χ4v) is 5.75. The van der Waals surface area contributed by atoms with E-state index < -0.39 is 16.9 Å². The molecule has 198 valence electrons. The Labute approximate surface area is 210 Å². The van der Waals surface area contributed by atoms with Gasteiger partial charge in [0.15, 0.2) is 0 Å². The van der Waals surface area contributed by atoms with Crippen LogP contribution < -0.4 is 16.4 Å². The van der Waals surface area contributed by atoms with Crippen LogP contribution in [0.15, 0.2) is 0 Å². The van der Waals surface area contributed by atoms with Crippen LogP contribution in [0.5, 0.6) is 0 Å². The lowest BCUT2D eigenvalue weighted by Gasteiger charge is -2.37. The summed E-state index contributed by atoms with van der Waals surface area (Å²) in [5, 5.41) is 6.07. The Morgan fingerprint density at radius 1 is 1.12 bits per heavy atom. The predicted molar refractivity (Wildman–Crippen MR) is 140 cm³/mol. The van der Waals surface area contributed by atoms with Crippen LogP contribution in [0.3, 0.4) is 0 Å². The van der Waals surface area contributed by atoms with Gasteiger partial charge in [0.1, 0.15) is 6.04 Å². The molecule has 0 saturated heterocycles. The molecule has 0 aromatic carbocycles. The molecule has 0 radical (unpaired) electrons. The van der Waals surface area contributed by atoms with Crippen molar-refractivity contribution in [3.05, 3.63) is 0 Å². The van der Waals surface area contributed by atoms with Crippen LogP contribution in [-0.4, -0.2) is 71.1 Å². The van der Waals surface area contributed by atoms with Crippen LogP contribution in [0, 0.1) is 5.92 Å². The van der Waals surface area contributed by atoms with E-state index in [-0.39, 0.29) is 29.7 Å². The molecule has 9 heteroatoms. The van der Waals surface area contributed by atoms with E-state index in [4.69, 9.17) is 10.5 Å². The van der Waals surface area contributed by atoms with E-state index >= 15 is 0 Å². The van der Waals surface area contributed by atoms with E-state index in [2.05, 4.69) is 24.5 Å². The standard InChI is InChI=1S/C25H48N4O4S/c1-7-9-14-29(17-21(30)27-16-19-10-12-20(26)13-11-19)23(31)22(25(5,6)34-18(3)4)28-24(32)33-15-8-2/h18-20,22H,7-17,26H2,1-6H3,(H,27,30)(H,28,32)/t19?,20?,22-/m0/s1. The largest absolute Gasteiger partial charge is 0.450 e. The van der Waals surface area contributed by atoms with E-state index in [0.29, 0.717) is 32.0 Å². The molecule has 4 N–H and O–H groups in total. The van der Waals surface area contributed by atoms with E-state index in [1.54, 1.807) is 16.7 Å². The normalized spacial score (nSPS) is 19.4. The topological polar surface area (TPSA) is 114 Å². The molecule has 34 heavy (non-hydrogen) atoms. The summed E-state index contributed by atoms with van der Waals surface area (Å²) in [6.07, 6.45) is 5.80. The number of nitrogens with zero attached hydrogens (tertiary/aromatic N) is 1. The fraction of sp³-hybridized carbons (Fsp3) is 0.880. The molecule has 0 spiro atoms. The zero-order valence-electron chi connectivity index (χ0n) is 22.2. The lowest BCUT2D eigenvalue weighted by atomic mass is 9.86. The molecule has 1 fully saturated rings. The first-order valence-electron chi connectivity index (χ1n) is 12.9. The van der Waals surface area contributed by atoms with Gasteiger partial charge >= 0.3 is 6.09 Å². The van der Waals surface area contributed by atoms with Crippen molar-refractivity contribution in [3.8, 4) is 0 Å². The van der Waals surface area contributed by atoms with Crippen LogP contribution in [-0.2, 0) is 14.3 Å². The second kappa shape index (κ2) is 15.5. The van der Waals surface area contributed by atoms with Crippen molar-refractivity contribution in [1.82, 2.24) is 15.5 Å². The van der Waals surface area contributed by atoms with Gasteiger partial charge in [0.2, 0.25) is 11.8 Å². The number of amides is 3. The summed E-state index contributed by atoms with van der Waals surface area (Å²) in [4.78, 5) is 40.5. The van der Waals surface area contributed by atoms with Gasteiger partial charge in [-0.2, -0.15) is 11.8 Å². The highest BCUT2D eigenvalue weighted by Crippen LogP contribution is 2.33. The molecule has 1 rings (SSSR count). The number of nitrogens with two attached hydrogens (primary N) is 1. The fourth-order valence-electron chi connectivity index (χ4n) is 4.24. The molecule has 0 aromatic rings. The maximum absolute atomic E-state index is 13.7. The second-order valence-corrected chi connectivity index (χ2v) is 12.4. The zero-order chi connectivity index (χ0) is 25.7. The third-order valence-corrected chi connectivity index (χ3v) is 7.40. The van der Waals surface area contributed by atoms with Gasteiger partial charge in [-0.05, 0) is 63.5 Å². The monoisotopic (exact) mass is 500 g/mol. The summed E-state index contributed by atoms with van der Waals surface area (Å²) in [7, 11) is 0. The average molecular weight is 501 g/mol. The van der Waals surface area contributed by atoms with Crippen LogP contribution in [0.25, 0.3) is 0 Å². The Kier molecular flexibility index (Phi) is 13.9. The van der Waals surface area contributed by atoms with Gasteiger partial charge in [-0.3, -0.25) is 9.59 Å². The average Bonchev–Trinajstić information content (AvgIpc) is 2.77. The van der Waals surface area contributed by atoms with Crippen LogP contribution >= 0.6 is 11.8 Å². The Hall–Kier alpha value is -1.48. The summed E-state index contributed by atoms with van der Waals surface area (Å²) in [5.74, 6) is 0.0208. The van der Waals surface area contributed by atoms with Crippen molar-refractivity contribution in [2.75, 3.05) is 26.2 Å². The number of thioether (sulfide) groups is 1. The van der Waals surface area contributed by atoms with E-state index in [1.807, 2.05) is 27.7 Å². The second-order valence-electron chi connectivity index (χ2n) is 10.2. The van der Waals surface area contributed by atoms with Crippen LogP contribution in [0.2, 0.25) is 0 Å². The highest BCUT2D eigenvalue weighted by atomic mass is 32.2. The molecule has 0 aromatic heterocycles. The summed E-state index contributed by atoms with van der Waals surface area (Å²) >= 11 is 1.62. The highest BCUT2D eigenvalue weighted by molar-refractivity contribution is 8.01. The van der Waals surface area contributed by atoms with Gasteiger partial charge in [-0.15, -0.1) is 0 Å². The lowest BCUT2D eigenvalue weighted by Crippen LogP contribution is -2.59. The molecule has 3 amide bonds. The number of hydrogen-bond donors (Lipinski definition) is 3. The number of ether oxygens (including phenoxy) is 1. The first-order valence-corrected chi connectivity index (χ1v) is 13.8. The van der Waals surface area contributed by atoms with Crippen molar-refractivity contribution in [2.24, 2.45) is 11.7 Å². The maximum atomic E-state index is 13.7. The Bertz CT molecular complexity index is 636. The van der Waals surface area contributed by atoms with Crippen molar-refractivity contribution < 1.29 is 19.1 Å². The molecule has 0 heterocycles. The quantitative estimate of drug-likeness (QED) is 0.335. The first-order chi connectivity index (χ1) is 16.0. The lowest BCUT2D eigenvalue weighted by molar-refractivity contribution is -0.138. The molecule has 1 aliphatic rings. The number of carbonyl (C=O) groups is 3. The minimum absolute atomic E-state index is 0.0182. The van der Waals surface area contributed by atoms with Crippen molar-refractivity contribution in [3.63, 3.8) is 0 Å². The molecule has 1 aliphatic carbocycles. The van der Waals surface area contributed by atoms with Gasteiger partial charge in [-0.1, -0.05) is 34.1 Å². The molecule has 0 unspecified atom stereocenters. The highest BCUT2D eigenvalue weighted by Gasteiger charge is 2.40. The third kappa shape index (κ3) is 11.3. The Morgan fingerprint density at radius 2 is 1.76 bits per heavy atom. The SMILES string of the molecule is CCCCN(CC(=O)NCC1CCC(N)CC1)C(=O)[C@H](NC(=O)OCCC)C(C)(C)SC(C)C. The van der Waals surface area contributed by atoms with Gasteiger partial charge in [0.25, 0.3) is 0 Å². The number of nitrogens with one attached hydrogen (secondary N) is 2. The first kappa shape index (κ1) is 30.6. The molecule has 1 saturated carbocycles. The zero-order valence-corrected chi connectivity index (χ0v) is 23.0. The minimum Gasteiger partial charge on any atom is -0.450 e. The molecule has 0 aliphatic heterocycles. The minimum atomic E-state index is -0.811. The van der Waals surface area contributed by atoms with Crippen LogP contribution in [0.4, 0.5) is 4.79 Å². The van der Waals surface area contributed by atoms with Gasteiger partial charge in [0, 0.05) is 23.9 Å². The number of hydrogen-bond acceptors (Lipinski definition) is 6. The predicted octanol–water partition coefficient (Wildman–Crippen LogP) is 3.67. The van der Waals surface area contributed by atoms with Crippen molar-refractivity contribution >= 4 is 29.7 Å². The van der Waals surface area contributed by atoms with Gasteiger partial charge in [0.05, 0.1) is 13.2 Å². The Balaban J connectivity index is 2.91. The smallest absolute Gasteiger partial charge is 0.407 e. The molecule has 1 atom stereocenters. The summed E-state index contributed by atoms with van der Waals surface area (Å²) in [6.45, 7) is 13.3. The molecular weight excluding hydrogens is 452 g/mol. The number of rotatable bonds is 14. The third-order valence-electron chi connectivity index (χ3n) is 6.09. The molecular formula is C25H48N4O4S. The number of unbranched alkanes of at least 4 members (excludes halogenated alkanes) is 1. The number of carbonyl (C=O) groups excluding carboxylic acids is 3. The van der Waals surface area contributed by atoms with Crippen LogP contribution in [0.1, 0.15) is 86.5 Å². The summed E-state index contributed by atoms with van der Waals surface area (Å²) in [6, 6.07) is -0.539. The van der Waals surface area contributed by atoms with Gasteiger partial charge < -0.3 is 26.0 Å². The summed E-state index contributed by atoms with van der Waals surface area (Å²) < 4.78 is 4.62. The Morgan fingerprint density at radius 3 is 2.32 bits per heavy atom. The van der Waals surface area contributed by atoms with Crippen molar-refractivity contribution in [1.29, 1.82) is 0 Å². The van der Waals surface area contributed by atoms with E-state index in [1.165, 1.54) is 0 Å². The maximum Gasteiger partial charge on any atom is 0.407 e.